The van der Waals surface area contributed by atoms with Gasteiger partial charge in [0.25, 0.3) is 5.91 Å². The van der Waals surface area contributed by atoms with E-state index in [4.69, 9.17) is 11.2 Å². The minimum Gasteiger partial charge on any atom is -0.366 e. The van der Waals surface area contributed by atoms with Gasteiger partial charge in [-0.15, -0.1) is 6.42 Å². The van der Waals surface area contributed by atoms with Gasteiger partial charge in [0, 0.05) is 17.7 Å². The third kappa shape index (κ3) is 5.61. The molecule has 11 heteroatoms. The van der Waals surface area contributed by atoms with Crippen LogP contribution in [0.3, 0.4) is 0 Å². The van der Waals surface area contributed by atoms with Crippen LogP contribution in [0.25, 0.3) is 11.3 Å². The summed E-state index contributed by atoms with van der Waals surface area (Å²) in [5.74, 6) is 1.44. The number of halogens is 1. The number of amides is 2. The number of ketones is 1. The van der Waals surface area contributed by atoms with E-state index in [0.717, 1.165) is 37.5 Å². The number of thiazole rings is 1. The van der Waals surface area contributed by atoms with Crippen LogP contribution in [-0.4, -0.2) is 92.0 Å². The van der Waals surface area contributed by atoms with Crippen LogP contribution in [0.5, 0.6) is 0 Å². The van der Waals surface area contributed by atoms with E-state index in [2.05, 4.69) is 28.2 Å². The third-order valence-corrected chi connectivity index (χ3v) is 8.78. The van der Waals surface area contributed by atoms with E-state index in [1.54, 1.807) is 24.3 Å². The molecule has 1 aromatic carbocycles. The molecule has 0 saturated carbocycles. The highest BCUT2D eigenvalue weighted by molar-refractivity contribution is 7.14. The Hall–Kier alpha value is -3.33. The number of carbonyl (C=O) groups excluding carboxylic acids is 3. The molecule has 40 heavy (non-hydrogen) atoms. The number of aromatic nitrogens is 1. The molecule has 0 bridgehead atoms. The Bertz CT molecular complexity index is 1310. The number of likely N-dealkylation sites (N-methyl/N-ethyl adjacent to an activating group) is 1. The highest BCUT2D eigenvalue weighted by Gasteiger charge is 2.52. The fourth-order valence-electron chi connectivity index (χ4n) is 5.63. The zero-order valence-electron chi connectivity index (χ0n) is 23.0. The average Bonchev–Trinajstić information content (AvgIpc) is 3.62. The topological polar surface area (TPSA) is 96.3 Å². The van der Waals surface area contributed by atoms with Crippen molar-refractivity contribution in [2.24, 2.45) is 11.8 Å². The monoisotopic (exact) mass is 568 g/mol. The Kier molecular flexibility index (Phi) is 8.21. The van der Waals surface area contributed by atoms with E-state index in [1.165, 1.54) is 9.80 Å². The van der Waals surface area contributed by atoms with Gasteiger partial charge in [0.1, 0.15) is 30.5 Å². The maximum Gasteiger partial charge on any atom is 0.251 e. The summed E-state index contributed by atoms with van der Waals surface area (Å²) >= 11 is 1.04. The minimum absolute atomic E-state index is 0.0672. The van der Waals surface area contributed by atoms with Crippen LogP contribution in [0.15, 0.2) is 24.3 Å². The lowest BCUT2D eigenvalue weighted by Crippen LogP contribution is -3.12. The SMILES string of the molecule is C#C[C@@H]1CN(C(=O)[C@H](CC(C)C)NC(=O)c2ccc(-c3nc(N4CC[NH+](C)CC4)sc3F)cc2)[C@@H]2C(=O)CO[C@H]12. The van der Waals surface area contributed by atoms with Gasteiger partial charge < -0.3 is 24.8 Å². The Balaban J connectivity index is 1.29. The molecule has 4 atom stereocenters. The normalized spacial score (nSPS) is 23.8. The quantitative estimate of drug-likeness (QED) is 0.481. The van der Waals surface area contributed by atoms with Gasteiger partial charge in [-0.25, -0.2) is 4.98 Å². The molecule has 3 fully saturated rings. The van der Waals surface area contributed by atoms with Gasteiger partial charge in [-0.2, -0.15) is 4.39 Å². The largest absolute Gasteiger partial charge is 0.366 e. The molecule has 0 aliphatic carbocycles. The number of quaternary nitrogens is 1. The molecular formula is C29H35FN5O4S+. The summed E-state index contributed by atoms with van der Waals surface area (Å²) in [7, 11) is 2.14. The molecule has 9 nitrogen and oxygen atoms in total. The smallest absolute Gasteiger partial charge is 0.251 e. The second-order valence-electron chi connectivity index (χ2n) is 11.2. The predicted octanol–water partition coefficient (Wildman–Crippen LogP) is 0.857. The number of nitrogens with zero attached hydrogens (tertiary/aromatic N) is 3. The number of carbonyl (C=O) groups is 3. The summed E-state index contributed by atoms with van der Waals surface area (Å²) in [5.41, 5.74) is 1.18. The Morgan fingerprint density at radius 3 is 2.62 bits per heavy atom. The first-order valence-corrected chi connectivity index (χ1v) is 14.5. The van der Waals surface area contributed by atoms with Gasteiger partial charge in [0.2, 0.25) is 11.0 Å². The second-order valence-corrected chi connectivity index (χ2v) is 12.2. The van der Waals surface area contributed by atoms with Crippen molar-refractivity contribution < 1.29 is 28.4 Å². The van der Waals surface area contributed by atoms with Gasteiger partial charge in [0.15, 0.2) is 10.9 Å². The van der Waals surface area contributed by atoms with E-state index >= 15 is 0 Å². The summed E-state index contributed by atoms with van der Waals surface area (Å²) in [4.78, 5) is 48.9. The summed E-state index contributed by atoms with van der Waals surface area (Å²) in [5, 5.41) is 3.17. The van der Waals surface area contributed by atoms with E-state index in [1.807, 2.05) is 13.8 Å². The van der Waals surface area contributed by atoms with Crippen molar-refractivity contribution in [3.8, 4) is 23.6 Å². The fraction of sp³-hybridized carbons (Fsp3) is 0.517. The Labute approximate surface area is 237 Å². The van der Waals surface area contributed by atoms with Crippen molar-refractivity contribution in [1.82, 2.24) is 15.2 Å². The highest BCUT2D eigenvalue weighted by Crippen LogP contribution is 2.33. The molecule has 5 rings (SSSR count). The van der Waals surface area contributed by atoms with E-state index in [0.29, 0.717) is 22.7 Å². The molecule has 3 aliphatic rings. The van der Waals surface area contributed by atoms with Crippen LogP contribution >= 0.6 is 11.3 Å². The Morgan fingerprint density at radius 2 is 1.98 bits per heavy atom. The lowest BCUT2D eigenvalue weighted by Gasteiger charge is -2.29. The molecule has 3 aliphatic heterocycles. The van der Waals surface area contributed by atoms with E-state index in [9.17, 15) is 18.8 Å². The summed E-state index contributed by atoms with van der Waals surface area (Å²) in [6, 6.07) is 5.00. The Morgan fingerprint density at radius 1 is 1.27 bits per heavy atom. The standard InChI is InChI=1S/C29H34FN5O4S/c1-5-18-15-35(24-22(36)16-39-25(18)24)28(38)21(14-17(2)3)31-27(37)20-8-6-19(7-9-20)23-26(30)40-29(32-23)34-12-10-33(4)11-13-34/h1,6-9,17-18,21,24-25H,10-16H2,2-4H3,(H,31,37)/p+1/t18-,21+,24-,25-/m1/s1. The molecular weight excluding hydrogens is 533 g/mol. The fourth-order valence-corrected chi connectivity index (χ4v) is 6.50. The molecule has 2 aromatic rings. The van der Waals surface area contributed by atoms with Crippen LogP contribution in [0, 0.1) is 29.3 Å². The summed E-state index contributed by atoms with van der Waals surface area (Å²) < 4.78 is 20.4. The van der Waals surface area contributed by atoms with Crippen molar-refractivity contribution in [3.63, 3.8) is 0 Å². The average molecular weight is 569 g/mol. The molecule has 2 N–H and O–H groups in total. The molecule has 0 spiro atoms. The number of piperazine rings is 1. The third-order valence-electron chi connectivity index (χ3n) is 7.88. The maximum absolute atomic E-state index is 14.8. The number of benzene rings is 1. The summed E-state index contributed by atoms with van der Waals surface area (Å²) in [6.45, 7) is 7.69. The first-order chi connectivity index (χ1) is 19.2. The maximum atomic E-state index is 14.8. The molecule has 1 aromatic heterocycles. The van der Waals surface area contributed by atoms with Gasteiger partial charge in [-0.3, -0.25) is 14.4 Å². The molecule has 212 valence electrons. The van der Waals surface area contributed by atoms with Crippen molar-refractivity contribution in [2.45, 2.75) is 38.5 Å². The number of hydrogen-bond acceptors (Lipinski definition) is 7. The van der Waals surface area contributed by atoms with Crippen LogP contribution in [-0.2, 0) is 14.3 Å². The van der Waals surface area contributed by atoms with Crippen molar-refractivity contribution in [2.75, 3.05) is 51.3 Å². The van der Waals surface area contributed by atoms with Crippen molar-refractivity contribution in [3.05, 3.63) is 35.0 Å². The zero-order valence-corrected chi connectivity index (χ0v) is 23.8. The van der Waals surface area contributed by atoms with Crippen LogP contribution in [0.4, 0.5) is 9.52 Å². The number of Topliss-reactive ketones (excluding diaryl/α,β-unsaturated/α-hetero) is 1. The molecule has 0 unspecified atom stereocenters. The number of likely N-dealkylation sites (tertiary alicyclic amines) is 1. The number of anilines is 1. The van der Waals surface area contributed by atoms with Crippen molar-refractivity contribution >= 4 is 34.1 Å². The minimum atomic E-state index is -0.832. The molecule has 4 heterocycles. The van der Waals surface area contributed by atoms with E-state index in [-0.39, 0.29) is 47.5 Å². The van der Waals surface area contributed by atoms with Gasteiger partial charge in [0.05, 0.1) is 39.1 Å². The number of hydrogen-bond donors (Lipinski definition) is 2. The zero-order chi connectivity index (χ0) is 28.6. The number of terminal acetylenes is 1. The van der Waals surface area contributed by atoms with Crippen LogP contribution in [0.1, 0.15) is 30.6 Å². The van der Waals surface area contributed by atoms with Crippen LogP contribution < -0.4 is 15.1 Å². The number of ether oxygens (including phenoxy) is 1. The lowest BCUT2D eigenvalue weighted by atomic mass is 10.0. The van der Waals surface area contributed by atoms with Gasteiger partial charge >= 0.3 is 0 Å². The lowest BCUT2D eigenvalue weighted by molar-refractivity contribution is -0.880. The first-order valence-electron chi connectivity index (χ1n) is 13.7. The van der Waals surface area contributed by atoms with Crippen molar-refractivity contribution in [1.29, 1.82) is 0 Å². The predicted molar refractivity (Wildman–Crippen MR) is 150 cm³/mol. The molecule has 3 saturated heterocycles. The van der Waals surface area contributed by atoms with Crippen LogP contribution in [0.2, 0.25) is 0 Å². The number of fused-ring (bicyclic) bond motifs is 1. The molecule has 2 amide bonds. The second kappa shape index (κ2) is 11.6. The summed E-state index contributed by atoms with van der Waals surface area (Å²) in [6.07, 6.45) is 5.53. The van der Waals surface area contributed by atoms with Gasteiger partial charge in [-0.1, -0.05) is 43.2 Å². The highest BCUT2D eigenvalue weighted by atomic mass is 32.1. The molecule has 0 radical (unpaired) electrons. The first kappa shape index (κ1) is 28.2. The van der Waals surface area contributed by atoms with E-state index < -0.39 is 24.1 Å². The number of rotatable bonds is 7. The number of nitrogens with one attached hydrogen (secondary N) is 2. The van der Waals surface area contributed by atoms with Gasteiger partial charge in [-0.05, 0) is 24.5 Å².